The summed E-state index contributed by atoms with van der Waals surface area (Å²) in [6.45, 7) is 3.97. The molecule has 0 aliphatic carbocycles. The Kier molecular flexibility index (Phi) is 4.48. The van der Waals surface area contributed by atoms with Crippen molar-refractivity contribution in [3.63, 3.8) is 0 Å². The Hall–Kier alpha value is -2.53. The van der Waals surface area contributed by atoms with Gasteiger partial charge >= 0.3 is 0 Å². The van der Waals surface area contributed by atoms with Crippen LogP contribution in [0, 0.1) is 5.82 Å². The van der Waals surface area contributed by atoms with E-state index in [2.05, 4.69) is 15.5 Å². The summed E-state index contributed by atoms with van der Waals surface area (Å²) in [7, 11) is 0. The maximum Gasteiger partial charge on any atom is 0.247 e. The second-order valence-electron chi connectivity index (χ2n) is 5.47. The zero-order valence-corrected chi connectivity index (χ0v) is 13.0. The summed E-state index contributed by atoms with van der Waals surface area (Å²) in [5, 5.41) is 11.6. The summed E-state index contributed by atoms with van der Waals surface area (Å²) in [5.74, 6) is 0.792. The lowest BCUT2D eigenvalue weighted by Crippen LogP contribution is -2.22. The van der Waals surface area contributed by atoms with Crippen LogP contribution in [-0.2, 0) is 0 Å². The Labute approximate surface area is 134 Å². The molecule has 1 aromatic heterocycles. The summed E-state index contributed by atoms with van der Waals surface area (Å²) in [5.41, 5.74) is 1.89. The second kappa shape index (κ2) is 6.71. The van der Waals surface area contributed by atoms with Crippen LogP contribution in [0.3, 0.4) is 0 Å². The van der Waals surface area contributed by atoms with Crippen molar-refractivity contribution in [1.82, 2.24) is 15.5 Å². The van der Waals surface area contributed by atoms with Gasteiger partial charge in [0.2, 0.25) is 11.8 Å². The first-order chi connectivity index (χ1) is 11.1. The smallest absolute Gasteiger partial charge is 0.247 e. The number of nitrogens with one attached hydrogen (secondary N) is 1. The van der Waals surface area contributed by atoms with Crippen molar-refractivity contribution >= 4 is 0 Å². The van der Waals surface area contributed by atoms with Crippen LogP contribution in [0.1, 0.15) is 37.4 Å². The molecule has 0 amide bonds. The van der Waals surface area contributed by atoms with Gasteiger partial charge in [-0.1, -0.05) is 30.3 Å². The van der Waals surface area contributed by atoms with Crippen LogP contribution in [0.25, 0.3) is 11.5 Å². The average molecular weight is 311 g/mol. The molecule has 0 radical (unpaired) electrons. The number of hydrogen-bond donors (Lipinski definition) is 1. The molecule has 118 valence electrons. The first kappa shape index (κ1) is 15.4. The molecule has 1 N–H and O–H groups in total. The van der Waals surface area contributed by atoms with Crippen molar-refractivity contribution in [2.45, 2.75) is 25.9 Å². The van der Waals surface area contributed by atoms with Crippen molar-refractivity contribution < 1.29 is 8.81 Å². The normalized spacial score (nSPS) is 13.7. The van der Waals surface area contributed by atoms with E-state index >= 15 is 0 Å². The van der Waals surface area contributed by atoms with Gasteiger partial charge in [0.05, 0.1) is 6.04 Å². The van der Waals surface area contributed by atoms with E-state index in [9.17, 15) is 4.39 Å². The lowest BCUT2D eigenvalue weighted by Gasteiger charge is -2.17. The highest BCUT2D eigenvalue weighted by atomic mass is 19.1. The minimum Gasteiger partial charge on any atom is -0.419 e. The first-order valence-electron chi connectivity index (χ1n) is 7.54. The molecule has 1 heterocycles. The van der Waals surface area contributed by atoms with Crippen molar-refractivity contribution in [1.29, 1.82) is 0 Å². The molecule has 2 aromatic carbocycles. The van der Waals surface area contributed by atoms with E-state index < -0.39 is 0 Å². The summed E-state index contributed by atoms with van der Waals surface area (Å²) in [6, 6.07) is 16.0. The van der Waals surface area contributed by atoms with E-state index in [4.69, 9.17) is 4.42 Å². The molecule has 3 aromatic rings. The topological polar surface area (TPSA) is 51.0 Å². The van der Waals surface area contributed by atoms with E-state index in [0.29, 0.717) is 11.8 Å². The third-order valence-corrected chi connectivity index (χ3v) is 3.70. The lowest BCUT2D eigenvalue weighted by atomic mass is 10.1. The Balaban J connectivity index is 1.70. The zero-order valence-electron chi connectivity index (χ0n) is 13.0. The molecule has 0 aliphatic heterocycles. The van der Waals surface area contributed by atoms with Crippen molar-refractivity contribution in [3.05, 3.63) is 71.9 Å². The van der Waals surface area contributed by atoms with Crippen LogP contribution >= 0.6 is 0 Å². The third-order valence-electron chi connectivity index (χ3n) is 3.70. The van der Waals surface area contributed by atoms with E-state index in [1.54, 1.807) is 12.1 Å². The Morgan fingerprint density at radius 1 is 0.913 bits per heavy atom. The Morgan fingerprint density at radius 2 is 1.61 bits per heavy atom. The Bertz CT molecular complexity index is 755. The number of nitrogens with zero attached hydrogens (tertiary/aromatic N) is 2. The summed E-state index contributed by atoms with van der Waals surface area (Å²) in [6.07, 6.45) is 0. The minimum absolute atomic E-state index is 0.0395. The van der Waals surface area contributed by atoms with Gasteiger partial charge in [-0.2, -0.15) is 0 Å². The summed E-state index contributed by atoms with van der Waals surface area (Å²) >= 11 is 0. The monoisotopic (exact) mass is 311 g/mol. The fraction of sp³-hybridized carbons (Fsp3) is 0.222. The molecule has 2 atom stereocenters. The molecule has 0 saturated carbocycles. The van der Waals surface area contributed by atoms with Gasteiger partial charge in [0.1, 0.15) is 5.82 Å². The van der Waals surface area contributed by atoms with Gasteiger partial charge in [-0.05, 0) is 43.7 Å². The number of rotatable bonds is 5. The van der Waals surface area contributed by atoms with Gasteiger partial charge in [-0.25, -0.2) is 4.39 Å². The quantitative estimate of drug-likeness (QED) is 0.764. The maximum absolute atomic E-state index is 13.0. The molecule has 0 bridgehead atoms. The van der Waals surface area contributed by atoms with Crippen molar-refractivity contribution in [2.24, 2.45) is 0 Å². The standard InChI is InChI=1S/C18H18FN3O/c1-12(14-8-10-16(19)11-9-14)20-13(2)17-21-22-18(23-17)15-6-4-3-5-7-15/h3-13,20H,1-2H3/t12-,13+/m1/s1. The van der Waals surface area contributed by atoms with Gasteiger partial charge in [0, 0.05) is 11.6 Å². The molecule has 0 saturated heterocycles. The molecular formula is C18H18FN3O. The molecule has 0 spiro atoms. The fourth-order valence-electron chi connectivity index (χ4n) is 2.40. The summed E-state index contributed by atoms with van der Waals surface area (Å²) < 4.78 is 18.7. The number of benzene rings is 2. The van der Waals surface area contributed by atoms with Gasteiger partial charge in [0.25, 0.3) is 0 Å². The highest BCUT2D eigenvalue weighted by Crippen LogP contribution is 2.22. The number of hydrogen-bond acceptors (Lipinski definition) is 4. The Morgan fingerprint density at radius 3 is 2.30 bits per heavy atom. The predicted octanol–water partition coefficient (Wildman–Crippen LogP) is 4.29. The summed E-state index contributed by atoms with van der Waals surface area (Å²) in [4.78, 5) is 0. The zero-order chi connectivity index (χ0) is 16.2. The van der Waals surface area contributed by atoms with Gasteiger partial charge in [-0.15, -0.1) is 10.2 Å². The average Bonchev–Trinajstić information content (AvgIpc) is 3.06. The van der Waals surface area contributed by atoms with Crippen LogP contribution in [0.15, 0.2) is 59.0 Å². The molecule has 0 unspecified atom stereocenters. The highest BCUT2D eigenvalue weighted by molar-refractivity contribution is 5.51. The lowest BCUT2D eigenvalue weighted by molar-refractivity contribution is 0.394. The van der Waals surface area contributed by atoms with Gasteiger partial charge in [-0.3, -0.25) is 5.32 Å². The molecule has 3 rings (SSSR count). The van der Waals surface area contributed by atoms with E-state index in [0.717, 1.165) is 11.1 Å². The van der Waals surface area contributed by atoms with E-state index in [1.807, 2.05) is 44.2 Å². The molecule has 0 fully saturated rings. The largest absolute Gasteiger partial charge is 0.419 e. The number of halogens is 1. The van der Waals surface area contributed by atoms with Crippen LogP contribution in [0.4, 0.5) is 4.39 Å². The molecule has 4 nitrogen and oxygen atoms in total. The van der Waals surface area contributed by atoms with Crippen LogP contribution in [0.2, 0.25) is 0 Å². The minimum atomic E-state index is -0.238. The van der Waals surface area contributed by atoms with Crippen molar-refractivity contribution in [3.8, 4) is 11.5 Å². The molecule has 23 heavy (non-hydrogen) atoms. The van der Waals surface area contributed by atoms with Crippen LogP contribution in [0.5, 0.6) is 0 Å². The fourth-order valence-corrected chi connectivity index (χ4v) is 2.40. The second-order valence-corrected chi connectivity index (χ2v) is 5.47. The maximum atomic E-state index is 13.0. The van der Waals surface area contributed by atoms with Gasteiger partial charge < -0.3 is 4.42 Å². The number of aromatic nitrogens is 2. The van der Waals surface area contributed by atoms with Gasteiger partial charge in [0.15, 0.2) is 0 Å². The van der Waals surface area contributed by atoms with Crippen LogP contribution < -0.4 is 5.32 Å². The molecule has 5 heteroatoms. The van der Waals surface area contributed by atoms with E-state index in [1.165, 1.54) is 12.1 Å². The third kappa shape index (κ3) is 3.63. The van der Waals surface area contributed by atoms with E-state index in [-0.39, 0.29) is 17.9 Å². The first-order valence-corrected chi connectivity index (χ1v) is 7.54. The molecular weight excluding hydrogens is 293 g/mol. The SMILES string of the molecule is C[C@H](N[C@H](C)c1ccc(F)cc1)c1nnc(-c2ccccc2)o1. The highest BCUT2D eigenvalue weighted by Gasteiger charge is 2.17. The van der Waals surface area contributed by atoms with Crippen molar-refractivity contribution in [2.75, 3.05) is 0 Å². The van der Waals surface area contributed by atoms with Crippen LogP contribution in [-0.4, -0.2) is 10.2 Å². The molecule has 0 aliphatic rings. The predicted molar refractivity (Wildman–Crippen MR) is 86.1 cm³/mol.